The number of benzene rings is 2. The largest absolute Gasteiger partial charge is 0.497 e. The van der Waals surface area contributed by atoms with Crippen molar-refractivity contribution in [2.45, 2.75) is 25.5 Å². The number of ether oxygens (including phenoxy) is 3. The number of amides is 2. The van der Waals surface area contributed by atoms with Crippen LogP contribution in [-0.2, 0) is 16.1 Å². The molecule has 1 aliphatic rings. The monoisotopic (exact) mass is 384 g/mol. The van der Waals surface area contributed by atoms with Crippen LogP contribution in [0.15, 0.2) is 42.5 Å². The normalized spacial score (nSPS) is 15.7. The predicted molar refractivity (Wildman–Crippen MR) is 105 cm³/mol. The molecule has 7 nitrogen and oxygen atoms in total. The van der Waals surface area contributed by atoms with Gasteiger partial charge in [-0.15, -0.1) is 0 Å². The van der Waals surface area contributed by atoms with E-state index in [-0.39, 0.29) is 11.8 Å². The fraction of sp³-hybridized carbons (Fsp3) is 0.333. The number of nitrogens with one attached hydrogen (secondary N) is 2. The van der Waals surface area contributed by atoms with E-state index in [0.717, 1.165) is 18.4 Å². The van der Waals surface area contributed by atoms with Gasteiger partial charge in [-0.05, 0) is 43.2 Å². The number of hydrogen-bond acceptors (Lipinski definition) is 5. The quantitative estimate of drug-likeness (QED) is 0.767. The number of methoxy groups -OCH3 is 2. The molecular formula is C21H24N2O5. The highest BCUT2D eigenvalue weighted by Gasteiger charge is 2.23. The number of anilines is 1. The molecule has 2 amide bonds. The minimum atomic E-state index is -0.417. The summed E-state index contributed by atoms with van der Waals surface area (Å²) in [6.45, 7) is 0.911. The number of carbonyl (C=O) groups is 2. The smallest absolute Gasteiger partial charge is 0.253 e. The Kier molecular flexibility index (Phi) is 6.49. The van der Waals surface area contributed by atoms with Gasteiger partial charge in [-0.3, -0.25) is 9.59 Å². The van der Waals surface area contributed by atoms with Gasteiger partial charge in [0, 0.05) is 36.0 Å². The fourth-order valence-electron chi connectivity index (χ4n) is 3.02. The highest BCUT2D eigenvalue weighted by atomic mass is 16.5. The molecule has 2 aromatic carbocycles. The predicted octanol–water partition coefficient (Wildman–Crippen LogP) is 2.75. The molecule has 1 heterocycles. The Bertz CT molecular complexity index is 846. The molecule has 0 bridgehead atoms. The van der Waals surface area contributed by atoms with E-state index < -0.39 is 6.10 Å². The summed E-state index contributed by atoms with van der Waals surface area (Å²) in [5.41, 5.74) is 1.85. The van der Waals surface area contributed by atoms with Gasteiger partial charge in [0.2, 0.25) is 0 Å². The van der Waals surface area contributed by atoms with Gasteiger partial charge in [0.1, 0.15) is 17.6 Å². The number of carbonyl (C=O) groups excluding carboxylic acids is 2. The average molecular weight is 384 g/mol. The first-order valence-corrected chi connectivity index (χ1v) is 9.12. The summed E-state index contributed by atoms with van der Waals surface area (Å²) in [6.07, 6.45) is 1.19. The number of rotatable bonds is 7. The van der Waals surface area contributed by atoms with Crippen LogP contribution in [0.5, 0.6) is 11.5 Å². The Morgan fingerprint density at radius 1 is 1.14 bits per heavy atom. The summed E-state index contributed by atoms with van der Waals surface area (Å²) in [4.78, 5) is 24.7. The molecular weight excluding hydrogens is 360 g/mol. The molecule has 1 saturated heterocycles. The van der Waals surface area contributed by atoms with E-state index in [0.29, 0.717) is 35.9 Å². The van der Waals surface area contributed by atoms with E-state index in [1.165, 1.54) is 0 Å². The van der Waals surface area contributed by atoms with Crippen molar-refractivity contribution in [2.75, 3.05) is 26.1 Å². The second-order valence-corrected chi connectivity index (χ2v) is 6.43. The molecule has 0 saturated carbocycles. The van der Waals surface area contributed by atoms with Gasteiger partial charge >= 0.3 is 0 Å². The third-order valence-corrected chi connectivity index (χ3v) is 4.55. The first kappa shape index (κ1) is 19.7. The molecule has 0 radical (unpaired) electrons. The summed E-state index contributed by atoms with van der Waals surface area (Å²) in [6, 6.07) is 12.2. The maximum Gasteiger partial charge on any atom is 0.253 e. The van der Waals surface area contributed by atoms with E-state index in [4.69, 9.17) is 14.2 Å². The summed E-state index contributed by atoms with van der Waals surface area (Å²) < 4.78 is 15.9. The third kappa shape index (κ3) is 4.80. The Hall–Kier alpha value is -3.06. The maximum atomic E-state index is 12.5. The van der Waals surface area contributed by atoms with Gasteiger partial charge in [-0.2, -0.15) is 0 Å². The molecule has 7 heteroatoms. The first-order chi connectivity index (χ1) is 13.6. The number of hydrogen-bond donors (Lipinski definition) is 2. The van der Waals surface area contributed by atoms with Crippen molar-refractivity contribution in [3.05, 3.63) is 53.6 Å². The highest BCUT2D eigenvalue weighted by molar-refractivity contribution is 5.98. The van der Waals surface area contributed by atoms with Crippen LogP contribution in [0.25, 0.3) is 0 Å². The fourth-order valence-corrected chi connectivity index (χ4v) is 3.02. The lowest BCUT2D eigenvalue weighted by Crippen LogP contribution is -2.27. The standard InChI is InChI=1S/C21H24N2O5/c1-26-17-9-8-15(19(12-17)27-2)13-22-20(24)14-5-3-6-16(11-14)23-21(25)18-7-4-10-28-18/h3,5-6,8-9,11-12,18H,4,7,10,13H2,1-2H3,(H,22,24)(H,23,25). The molecule has 1 fully saturated rings. The summed E-state index contributed by atoms with van der Waals surface area (Å²) in [7, 11) is 3.15. The second-order valence-electron chi connectivity index (χ2n) is 6.43. The Morgan fingerprint density at radius 2 is 2.00 bits per heavy atom. The Labute approximate surface area is 164 Å². The van der Waals surface area contributed by atoms with Crippen molar-refractivity contribution >= 4 is 17.5 Å². The van der Waals surface area contributed by atoms with E-state index in [1.54, 1.807) is 44.6 Å². The van der Waals surface area contributed by atoms with Crippen molar-refractivity contribution < 1.29 is 23.8 Å². The minimum Gasteiger partial charge on any atom is -0.497 e. The van der Waals surface area contributed by atoms with Crippen molar-refractivity contribution in [3.63, 3.8) is 0 Å². The van der Waals surface area contributed by atoms with Crippen molar-refractivity contribution in [1.82, 2.24) is 5.32 Å². The van der Waals surface area contributed by atoms with E-state index in [9.17, 15) is 9.59 Å². The van der Waals surface area contributed by atoms with Crippen molar-refractivity contribution in [2.24, 2.45) is 0 Å². The maximum absolute atomic E-state index is 12.5. The lowest BCUT2D eigenvalue weighted by Gasteiger charge is -2.13. The van der Waals surface area contributed by atoms with E-state index >= 15 is 0 Å². The Morgan fingerprint density at radius 3 is 2.71 bits per heavy atom. The Balaban J connectivity index is 1.62. The lowest BCUT2D eigenvalue weighted by atomic mass is 10.1. The van der Waals surface area contributed by atoms with Gasteiger partial charge in [-0.1, -0.05) is 6.07 Å². The molecule has 3 rings (SSSR count). The van der Waals surface area contributed by atoms with Crippen LogP contribution >= 0.6 is 0 Å². The molecule has 148 valence electrons. The molecule has 1 atom stereocenters. The van der Waals surface area contributed by atoms with Crippen LogP contribution in [0, 0.1) is 0 Å². The van der Waals surface area contributed by atoms with E-state index in [1.807, 2.05) is 12.1 Å². The first-order valence-electron chi connectivity index (χ1n) is 9.12. The van der Waals surface area contributed by atoms with Gasteiger partial charge in [0.05, 0.1) is 14.2 Å². The zero-order chi connectivity index (χ0) is 19.9. The molecule has 2 aromatic rings. The minimum absolute atomic E-state index is 0.182. The molecule has 1 unspecified atom stereocenters. The zero-order valence-electron chi connectivity index (χ0n) is 16.0. The molecule has 0 aromatic heterocycles. The van der Waals surface area contributed by atoms with Crippen molar-refractivity contribution in [1.29, 1.82) is 0 Å². The molecule has 2 N–H and O–H groups in total. The van der Waals surface area contributed by atoms with Gasteiger partial charge in [-0.25, -0.2) is 0 Å². The summed E-state index contributed by atoms with van der Waals surface area (Å²) in [5.74, 6) is 0.892. The van der Waals surface area contributed by atoms with Crippen LogP contribution in [0.2, 0.25) is 0 Å². The topological polar surface area (TPSA) is 85.9 Å². The molecule has 1 aliphatic heterocycles. The highest BCUT2D eigenvalue weighted by Crippen LogP contribution is 2.24. The zero-order valence-corrected chi connectivity index (χ0v) is 16.0. The van der Waals surface area contributed by atoms with Crippen LogP contribution in [-0.4, -0.2) is 38.7 Å². The molecule has 28 heavy (non-hydrogen) atoms. The van der Waals surface area contributed by atoms with Gasteiger partial charge < -0.3 is 24.8 Å². The molecule has 0 aliphatic carbocycles. The van der Waals surface area contributed by atoms with Crippen molar-refractivity contribution in [3.8, 4) is 11.5 Å². The third-order valence-electron chi connectivity index (χ3n) is 4.55. The second kappa shape index (κ2) is 9.23. The van der Waals surface area contributed by atoms with Crippen LogP contribution in [0.3, 0.4) is 0 Å². The van der Waals surface area contributed by atoms with Gasteiger partial charge in [0.25, 0.3) is 11.8 Å². The van der Waals surface area contributed by atoms with Crippen LogP contribution in [0.4, 0.5) is 5.69 Å². The van der Waals surface area contributed by atoms with Crippen LogP contribution in [0.1, 0.15) is 28.8 Å². The van der Waals surface area contributed by atoms with Gasteiger partial charge in [0.15, 0.2) is 0 Å². The summed E-state index contributed by atoms with van der Waals surface area (Å²) >= 11 is 0. The summed E-state index contributed by atoms with van der Waals surface area (Å²) in [5, 5.41) is 5.67. The van der Waals surface area contributed by atoms with E-state index in [2.05, 4.69) is 10.6 Å². The lowest BCUT2D eigenvalue weighted by molar-refractivity contribution is -0.124. The SMILES string of the molecule is COc1ccc(CNC(=O)c2cccc(NC(=O)C3CCCO3)c2)c(OC)c1. The van der Waals surface area contributed by atoms with Crippen LogP contribution < -0.4 is 20.1 Å². The average Bonchev–Trinajstić information content (AvgIpc) is 3.27. The molecule has 0 spiro atoms.